The number of carbonyl (C=O) groups is 2. The van der Waals surface area contributed by atoms with E-state index in [1.165, 1.54) is 45.5 Å². The average Bonchev–Trinajstić information content (AvgIpc) is 2.95. The van der Waals surface area contributed by atoms with Crippen molar-refractivity contribution in [2.24, 2.45) is 5.92 Å². The first-order valence-corrected chi connectivity index (χ1v) is 12.4. The van der Waals surface area contributed by atoms with Crippen LogP contribution in [0.15, 0.2) is 60.7 Å². The number of amides is 2. The van der Waals surface area contributed by atoms with E-state index in [4.69, 9.17) is 18.9 Å². The largest absolute Gasteiger partial charge is 0.497 e. The Bertz CT molecular complexity index is 1330. The van der Waals surface area contributed by atoms with E-state index in [1.807, 2.05) is 0 Å². The standard InChI is InChI=1S/C29H29F3N2O6/c1-37-21-11-5-17(6-12-21)26-22(28(36)33-19-9-7-18(8-10-19)29(30,31)32)13-14-25(35)34(26)20-15-23(38-2)27(40-4)24(16-20)39-3/h5-12,15-16,22,26H,13-14H2,1-4H3,(H,33,36)/t22-,26-/m0/s1. The molecule has 1 fully saturated rings. The summed E-state index contributed by atoms with van der Waals surface area (Å²) in [7, 11) is 5.91. The maximum Gasteiger partial charge on any atom is 0.416 e. The van der Waals surface area contributed by atoms with E-state index >= 15 is 0 Å². The van der Waals surface area contributed by atoms with Gasteiger partial charge in [-0.2, -0.15) is 13.2 Å². The van der Waals surface area contributed by atoms with Crippen LogP contribution in [0.1, 0.15) is 30.0 Å². The number of nitrogens with zero attached hydrogens (tertiary/aromatic N) is 1. The summed E-state index contributed by atoms with van der Waals surface area (Å²) in [5, 5.41) is 2.72. The summed E-state index contributed by atoms with van der Waals surface area (Å²) in [4.78, 5) is 28.6. The van der Waals surface area contributed by atoms with Gasteiger partial charge in [0.25, 0.3) is 0 Å². The van der Waals surface area contributed by atoms with Crippen molar-refractivity contribution >= 4 is 23.2 Å². The molecular formula is C29H29F3N2O6. The molecule has 0 aromatic heterocycles. The van der Waals surface area contributed by atoms with Crippen LogP contribution in [-0.4, -0.2) is 40.3 Å². The quantitative estimate of drug-likeness (QED) is 0.373. The summed E-state index contributed by atoms with van der Waals surface area (Å²) in [5.41, 5.74) is 0.476. The van der Waals surface area contributed by atoms with E-state index in [1.54, 1.807) is 36.4 Å². The highest BCUT2D eigenvalue weighted by Crippen LogP contribution is 2.46. The summed E-state index contributed by atoms with van der Waals surface area (Å²) in [6.45, 7) is 0. The van der Waals surface area contributed by atoms with Crippen LogP contribution in [-0.2, 0) is 15.8 Å². The fourth-order valence-electron chi connectivity index (χ4n) is 4.84. The van der Waals surface area contributed by atoms with Gasteiger partial charge in [-0.15, -0.1) is 0 Å². The Morgan fingerprint density at radius 2 is 1.48 bits per heavy atom. The minimum atomic E-state index is -4.49. The van der Waals surface area contributed by atoms with Crippen molar-refractivity contribution in [1.29, 1.82) is 0 Å². The number of benzene rings is 3. The van der Waals surface area contributed by atoms with Gasteiger partial charge in [0, 0.05) is 24.2 Å². The van der Waals surface area contributed by atoms with Gasteiger partial charge in [0.15, 0.2) is 11.5 Å². The van der Waals surface area contributed by atoms with Gasteiger partial charge in [-0.25, -0.2) is 0 Å². The SMILES string of the molecule is COc1ccc([C@H]2[C@@H](C(=O)Nc3ccc(C(F)(F)F)cc3)CCC(=O)N2c2cc(OC)c(OC)c(OC)c2)cc1. The van der Waals surface area contributed by atoms with Gasteiger partial charge in [0.05, 0.1) is 51.6 Å². The van der Waals surface area contributed by atoms with Gasteiger partial charge in [-0.3, -0.25) is 9.59 Å². The van der Waals surface area contributed by atoms with E-state index in [-0.39, 0.29) is 24.4 Å². The lowest BCUT2D eigenvalue weighted by molar-refractivity contribution is -0.137. The number of carbonyl (C=O) groups excluding carboxylic acids is 2. The second-order valence-electron chi connectivity index (χ2n) is 9.07. The second-order valence-corrected chi connectivity index (χ2v) is 9.07. The molecule has 11 heteroatoms. The van der Waals surface area contributed by atoms with Gasteiger partial charge in [-0.1, -0.05) is 12.1 Å². The number of hydrogen-bond donors (Lipinski definition) is 1. The van der Waals surface area contributed by atoms with Crippen molar-refractivity contribution in [3.8, 4) is 23.0 Å². The third kappa shape index (κ3) is 5.78. The molecule has 4 rings (SSSR count). The summed E-state index contributed by atoms with van der Waals surface area (Å²) < 4.78 is 60.7. The number of methoxy groups -OCH3 is 4. The molecule has 1 N–H and O–H groups in total. The van der Waals surface area contributed by atoms with Crippen molar-refractivity contribution in [2.45, 2.75) is 25.1 Å². The number of nitrogens with one attached hydrogen (secondary N) is 1. The Morgan fingerprint density at radius 1 is 0.875 bits per heavy atom. The monoisotopic (exact) mass is 558 g/mol. The van der Waals surface area contributed by atoms with Crippen LogP contribution in [0.5, 0.6) is 23.0 Å². The van der Waals surface area contributed by atoms with Gasteiger partial charge >= 0.3 is 6.18 Å². The second kappa shape index (κ2) is 11.8. The normalized spacial score (nSPS) is 17.3. The third-order valence-corrected chi connectivity index (χ3v) is 6.80. The fourth-order valence-corrected chi connectivity index (χ4v) is 4.84. The lowest BCUT2D eigenvalue weighted by Crippen LogP contribution is -2.47. The molecule has 3 aromatic rings. The molecule has 2 amide bonds. The van der Waals surface area contributed by atoms with Crippen LogP contribution >= 0.6 is 0 Å². The van der Waals surface area contributed by atoms with Crippen LogP contribution in [0.25, 0.3) is 0 Å². The molecule has 2 atom stereocenters. The highest BCUT2D eigenvalue weighted by atomic mass is 19.4. The van der Waals surface area contributed by atoms with Crippen molar-refractivity contribution in [1.82, 2.24) is 0 Å². The predicted octanol–water partition coefficient (Wildman–Crippen LogP) is 5.86. The highest BCUT2D eigenvalue weighted by Gasteiger charge is 2.42. The molecule has 0 bridgehead atoms. The Hall–Kier alpha value is -4.41. The van der Waals surface area contributed by atoms with Crippen molar-refractivity contribution in [3.63, 3.8) is 0 Å². The maximum atomic E-state index is 13.6. The summed E-state index contributed by atoms with van der Waals surface area (Å²) in [6, 6.07) is 13.7. The van der Waals surface area contributed by atoms with Crippen LogP contribution in [0.2, 0.25) is 0 Å². The molecule has 0 spiro atoms. The first-order valence-electron chi connectivity index (χ1n) is 12.4. The zero-order valence-corrected chi connectivity index (χ0v) is 22.4. The molecule has 3 aromatic carbocycles. The first-order chi connectivity index (χ1) is 19.1. The van der Waals surface area contributed by atoms with Gasteiger partial charge in [0.2, 0.25) is 17.6 Å². The number of piperidine rings is 1. The van der Waals surface area contributed by atoms with Crippen LogP contribution in [0.3, 0.4) is 0 Å². The summed E-state index contributed by atoms with van der Waals surface area (Å²) in [5.74, 6) is 0.183. The van der Waals surface area contributed by atoms with Gasteiger partial charge < -0.3 is 29.2 Å². The summed E-state index contributed by atoms with van der Waals surface area (Å²) >= 11 is 0. The Morgan fingerprint density at radius 3 is 1.98 bits per heavy atom. The number of ether oxygens (including phenoxy) is 4. The van der Waals surface area contributed by atoms with E-state index in [2.05, 4.69) is 5.32 Å². The average molecular weight is 559 g/mol. The Balaban J connectivity index is 1.77. The molecule has 40 heavy (non-hydrogen) atoms. The third-order valence-electron chi connectivity index (χ3n) is 6.80. The molecule has 0 aliphatic carbocycles. The molecule has 1 aliphatic rings. The maximum absolute atomic E-state index is 13.6. The highest BCUT2D eigenvalue weighted by molar-refractivity contribution is 6.00. The van der Waals surface area contributed by atoms with E-state index in [9.17, 15) is 22.8 Å². The number of anilines is 2. The van der Waals surface area contributed by atoms with Crippen LogP contribution in [0, 0.1) is 5.92 Å². The number of alkyl halides is 3. The molecule has 0 unspecified atom stereocenters. The van der Waals surface area contributed by atoms with Crippen molar-refractivity contribution < 1.29 is 41.7 Å². The molecular weight excluding hydrogens is 529 g/mol. The molecule has 0 saturated carbocycles. The lowest BCUT2D eigenvalue weighted by atomic mass is 9.83. The number of rotatable bonds is 8. The van der Waals surface area contributed by atoms with Crippen LogP contribution in [0.4, 0.5) is 24.5 Å². The molecule has 1 aliphatic heterocycles. The topological polar surface area (TPSA) is 86.3 Å². The van der Waals surface area contributed by atoms with E-state index in [0.29, 0.717) is 34.2 Å². The van der Waals surface area contributed by atoms with Crippen LogP contribution < -0.4 is 29.2 Å². The lowest BCUT2D eigenvalue weighted by Gasteiger charge is -2.41. The molecule has 212 valence electrons. The van der Waals surface area contributed by atoms with Crippen molar-refractivity contribution in [2.75, 3.05) is 38.7 Å². The zero-order valence-electron chi connectivity index (χ0n) is 22.4. The smallest absolute Gasteiger partial charge is 0.416 e. The molecule has 8 nitrogen and oxygen atoms in total. The first kappa shape index (κ1) is 28.6. The number of halogens is 3. The minimum Gasteiger partial charge on any atom is -0.497 e. The summed E-state index contributed by atoms with van der Waals surface area (Å²) in [6.07, 6.45) is -4.20. The fraction of sp³-hybridized carbons (Fsp3) is 0.310. The van der Waals surface area contributed by atoms with Crippen molar-refractivity contribution in [3.05, 3.63) is 71.8 Å². The van der Waals surface area contributed by atoms with Gasteiger partial charge in [-0.05, 0) is 48.4 Å². The Labute approximate surface area is 229 Å². The van der Waals surface area contributed by atoms with E-state index < -0.39 is 29.6 Å². The molecule has 0 radical (unpaired) electrons. The molecule has 1 heterocycles. The Kier molecular flexibility index (Phi) is 8.41. The minimum absolute atomic E-state index is 0.0639. The predicted molar refractivity (Wildman–Crippen MR) is 142 cm³/mol. The zero-order chi connectivity index (χ0) is 29.0. The van der Waals surface area contributed by atoms with E-state index in [0.717, 1.165) is 12.1 Å². The molecule has 1 saturated heterocycles. The van der Waals surface area contributed by atoms with Gasteiger partial charge in [0.1, 0.15) is 5.75 Å². The number of hydrogen-bond acceptors (Lipinski definition) is 6.